The van der Waals surface area contributed by atoms with Crippen LogP contribution in [-0.2, 0) is 16.0 Å². The number of nitrogens with zero attached hydrogens (tertiary/aromatic N) is 1. The molecule has 2 rings (SSSR count). The van der Waals surface area contributed by atoms with E-state index < -0.39 is 5.54 Å². The molecule has 21 heavy (non-hydrogen) atoms. The summed E-state index contributed by atoms with van der Waals surface area (Å²) in [5, 5.41) is 2.87. The Morgan fingerprint density at radius 2 is 2.14 bits per heavy atom. The predicted molar refractivity (Wildman–Crippen MR) is 84.3 cm³/mol. The highest BCUT2D eigenvalue weighted by molar-refractivity contribution is 5.99. The molecule has 114 valence electrons. The first-order valence-electron chi connectivity index (χ1n) is 7.36. The Morgan fingerprint density at radius 1 is 1.43 bits per heavy atom. The summed E-state index contributed by atoms with van der Waals surface area (Å²) < 4.78 is 0. The smallest absolute Gasteiger partial charge is 0.244 e. The van der Waals surface area contributed by atoms with Crippen LogP contribution in [0.15, 0.2) is 18.2 Å². The Labute approximate surface area is 125 Å². The predicted octanol–water partition coefficient (Wildman–Crippen LogP) is 2.05. The highest BCUT2D eigenvalue weighted by atomic mass is 16.2. The van der Waals surface area contributed by atoms with Crippen LogP contribution in [0.3, 0.4) is 0 Å². The second kappa shape index (κ2) is 5.85. The number of anilines is 2. The highest BCUT2D eigenvalue weighted by Crippen LogP contribution is 2.30. The van der Waals surface area contributed by atoms with E-state index in [1.54, 1.807) is 18.7 Å². The maximum atomic E-state index is 12.2. The number of nitrogens with two attached hydrogens (primary N) is 1. The van der Waals surface area contributed by atoms with E-state index in [9.17, 15) is 9.59 Å². The van der Waals surface area contributed by atoms with Crippen LogP contribution in [0.2, 0.25) is 0 Å². The Kier molecular flexibility index (Phi) is 4.32. The minimum absolute atomic E-state index is 0.0445. The van der Waals surface area contributed by atoms with E-state index in [0.29, 0.717) is 13.0 Å². The fraction of sp³-hybridized carbons (Fsp3) is 0.500. The van der Waals surface area contributed by atoms with Gasteiger partial charge in [0.2, 0.25) is 11.8 Å². The molecule has 1 heterocycles. The van der Waals surface area contributed by atoms with Crippen molar-refractivity contribution in [1.29, 1.82) is 0 Å². The number of nitrogens with one attached hydrogen (secondary N) is 1. The van der Waals surface area contributed by atoms with E-state index >= 15 is 0 Å². The summed E-state index contributed by atoms with van der Waals surface area (Å²) in [4.78, 5) is 25.5. The summed E-state index contributed by atoms with van der Waals surface area (Å²) in [6.45, 7) is 6.02. The van der Waals surface area contributed by atoms with Crippen molar-refractivity contribution in [2.45, 2.75) is 45.6 Å². The molecule has 1 aromatic carbocycles. The minimum Gasteiger partial charge on any atom is -0.324 e. The molecule has 1 aliphatic heterocycles. The van der Waals surface area contributed by atoms with Gasteiger partial charge in [-0.15, -0.1) is 0 Å². The molecule has 0 radical (unpaired) electrons. The lowest BCUT2D eigenvalue weighted by Crippen LogP contribution is -2.48. The molecule has 1 aliphatic rings. The molecule has 1 unspecified atom stereocenters. The molecular weight excluding hydrogens is 266 g/mol. The summed E-state index contributed by atoms with van der Waals surface area (Å²) in [7, 11) is 0. The number of carbonyl (C=O) groups is 2. The lowest BCUT2D eigenvalue weighted by atomic mass is 9.96. The van der Waals surface area contributed by atoms with Gasteiger partial charge in [0.15, 0.2) is 0 Å². The average molecular weight is 289 g/mol. The van der Waals surface area contributed by atoms with Crippen LogP contribution in [0.1, 0.15) is 39.2 Å². The van der Waals surface area contributed by atoms with E-state index in [2.05, 4.69) is 5.32 Å². The first-order valence-corrected chi connectivity index (χ1v) is 7.36. The van der Waals surface area contributed by atoms with Crippen molar-refractivity contribution in [3.8, 4) is 0 Å². The summed E-state index contributed by atoms with van der Waals surface area (Å²) in [6.07, 6.45) is 2.31. The van der Waals surface area contributed by atoms with Crippen molar-refractivity contribution in [2.75, 3.05) is 16.8 Å². The van der Waals surface area contributed by atoms with Crippen molar-refractivity contribution < 1.29 is 9.59 Å². The largest absolute Gasteiger partial charge is 0.324 e. The normalized spacial score (nSPS) is 16.3. The second-order valence-corrected chi connectivity index (χ2v) is 5.89. The number of fused-ring (bicyclic) bond motifs is 1. The summed E-state index contributed by atoms with van der Waals surface area (Å²) in [5.41, 5.74) is 7.92. The molecular formula is C16H23N3O2. The topological polar surface area (TPSA) is 75.4 Å². The monoisotopic (exact) mass is 289 g/mol. The lowest BCUT2D eigenvalue weighted by Gasteiger charge is -2.23. The molecule has 0 spiro atoms. The third kappa shape index (κ3) is 3.24. The molecule has 0 bridgehead atoms. The third-order valence-corrected chi connectivity index (χ3v) is 3.90. The van der Waals surface area contributed by atoms with Crippen molar-refractivity contribution in [2.24, 2.45) is 5.73 Å². The molecule has 1 atom stereocenters. The van der Waals surface area contributed by atoms with Gasteiger partial charge in [0, 0.05) is 24.8 Å². The van der Waals surface area contributed by atoms with Gasteiger partial charge in [-0.1, -0.05) is 13.3 Å². The van der Waals surface area contributed by atoms with Crippen molar-refractivity contribution in [3.05, 3.63) is 23.8 Å². The fourth-order valence-electron chi connectivity index (χ4n) is 2.71. The van der Waals surface area contributed by atoms with Gasteiger partial charge in [0.25, 0.3) is 0 Å². The van der Waals surface area contributed by atoms with Crippen molar-refractivity contribution >= 4 is 23.2 Å². The number of rotatable bonds is 4. The summed E-state index contributed by atoms with van der Waals surface area (Å²) >= 11 is 0. The molecule has 0 aromatic heterocycles. The van der Waals surface area contributed by atoms with E-state index in [1.165, 1.54) is 0 Å². The molecule has 0 aliphatic carbocycles. The van der Waals surface area contributed by atoms with Crippen molar-refractivity contribution in [1.82, 2.24) is 0 Å². The van der Waals surface area contributed by atoms with Gasteiger partial charge in [0.1, 0.15) is 0 Å². The van der Waals surface area contributed by atoms with Crippen LogP contribution in [-0.4, -0.2) is 23.9 Å². The van der Waals surface area contributed by atoms with Gasteiger partial charge in [-0.25, -0.2) is 0 Å². The minimum atomic E-state index is -0.862. The maximum Gasteiger partial charge on any atom is 0.244 e. The first-order chi connectivity index (χ1) is 9.85. The molecule has 1 aromatic rings. The van der Waals surface area contributed by atoms with E-state index in [4.69, 9.17) is 5.73 Å². The van der Waals surface area contributed by atoms with Gasteiger partial charge in [-0.2, -0.15) is 0 Å². The number of hydrogen-bond acceptors (Lipinski definition) is 3. The van der Waals surface area contributed by atoms with Crippen LogP contribution in [0, 0.1) is 0 Å². The zero-order valence-corrected chi connectivity index (χ0v) is 12.9. The molecule has 0 fully saturated rings. The molecule has 3 N–H and O–H groups in total. The Morgan fingerprint density at radius 3 is 2.76 bits per heavy atom. The Hall–Kier alpha value is -1.88. The molecule has 2 amide bonds. The van der Waals surface area contributed by atoms with Crippen molar-refractivity contribution in [3.63, 3.8) is 0 Å². The first kappa shape index (κ1) is 15.5. The van der Waals surface area contributed by atoms with Gasteiger partial charge in [-0.05, 0) is 43.5 Å². The van der Waals surface area contributed by atoms with Gasteiger partial charge < -0.3 is 16.0 Å². The van der Waals surface area contributed by atoms with Crippen LogP contribution in [0.25, 0.3) is 0 Å². The SMILES string of the molecule is CCCC(C)(N)C(=O)Nc1ccc2c(c1)CCN2C(C)=O. The summed E-state index contributed by atoms with van der Waals surface area (Å²) in [5.74, 6) is -0.131. The van der Waals surface area contributed by atoms with Crippen LogP contribution in [0.5, 0.6) is 0 Å². The van der Waals surface area contributed by atoms with E-state index in [0.717, 1.165) is 29.8 Å². The average Bonchev–Trinajstić information content (AvgIpc) is 2.81. The Bertz CT molecular complexity index is 567. The molecule has 0 saturated heterocycles. The van der Waals surface area contributed by atoms with Gasteiger partial charge in [0.05, 0.1) is 5.54 Å². The number of benzene rings is 1. The molecule has 5 heteroatoms. The standard InChI is InChI=1S/C16H23N3O2/c1-4-8-16(3,17)15(21)18-13-5-6-14-12(10-13)7-9-19(14)11(2)20/h5-6,10H,4,7-9,17H2,1-3H3,(H,18,21). The molecule has 0 saturated carbocycles. The van der Waals surface area contributed by atoms with E-state index in [1.807, 2.05) is 25.1 Å². The quantitative estimate of drug-likeness (QED) is 0.890. The van der Waals surface area contributed by atoms with Crippen LogP contribution in [0.4, 0.5) is 11.4 Å². The van der Waals surface area contributed by atoms with Crippen LogP contribution >= 0.6 is 0 Å². The number of carbonyl (C=O) groups excluding carboxylic acids is 2. The molecule has 5 nitrogen and oxygen atoms in total. The van der Waals surface area contributed by atoms with Gasteiger partial charge >= 0.3 is 0 Å². The zero-order chi connectivity index (χ0) is 15.6. The maximum absolute atomic E-state index is 12.2. The second-order valence-electron chi connectivity index (χ2n) is 5.89. The number of hydrogen-bond donors (Lipinski definition) is 2. The van der Waals surface area contributed by atoms with E-state index in [-0.39, 0.29) is 11.8 Å². The third-order valence-electron chi connectivity index (χ3n) is 3.90. The zero-order valence-electron chi connectivity index (χ0n) is 12.9. The fourth-order valence-corrected chi connectivity index (χ4v) is 2.71. The Balaban J connectivity index is 2.14. The highest BCUT2D eigenvalue weighted by Gasteiger charge is 2.28. The summed E-state index contributed by atoms with van der Waals surface area (Å²) in [6, 6.07) is 5.63. The number of amides is 2. The van der Waals surface area contributed by atoms with Gasteiger partial charge in [-0.3, -0.25) is 9.59 Å². The van der Waals surface area contributed by atoms with Crippen LogP contribution < -0.4 is 16.0 Å². The lowest BCUT2D eigenvalue weighted by molar-refractivity contribution is -0.121.